The van der Waals surface area contributed by atoms with E-state index in [9.17, 15) is 0 Å². The molecule has 2 N–H and O–H groups in total. The summed E-state index contributed by atoms with van der Waals surface area (Å²) in [5.41, 5.74) is 6.50. The molecule has 2 heterocycles. The Morgan fingerprint density at radius 3 is 3.00 bits per heavy atom. The van der Waals surface area contributed by atoms with Crippen molar-refractivity contribution in [2.45, 2.75) is 13.1 Å². The highest BCUT2D eigenvalue weighted by molar-refractivity contribution is 6.31. The predicted octanol–water partition coefficient (Wildman–Crippen LogP) is 2.42. The number of aromatic nitrogens is 1. The van der Waals surface area contributed by atoms with Gasteiger partial charge in [-0.1, -0.05) is 11.6 Å². The number of halogens is 1. The van der Waals surface area contributed by atoms with Gasteiger partial charge in [0.05, 0.1) is 17.8 Å². The summed E-state index contributed by atoms with van der Waals surface area (Å²) in [7, 11) is 1.94. The van der Waals surface area contributed by atoms with Crippen LogP contribution in [0.15, 0.2) is 35.1 Å². The summed E-state index contributed by atoms with van der Waals surface area (Å²) in [6.07, 6.45) is 3.28. The second-order valence-corrected chi connectivity index (χ2v) is 4.18. The van der Waals surface area contributed by atoms with Gasteiger partial charge in [0.1, 0.15) is 11.6 Å². The maximum Gasteiger partial charge on any atom is 0.129 e. The second kappa shape index (κ2) is 5.21. The molecular formula is C12H14ClN3O. The maximum absolute atomic E-state index is 5.96. The Morgan fingerprint density at radius 2 is 2.35 bits per heavy atom. The zero-order chi connectivity index (χ0) is 12.3. The normalized spacial score (nSPS) is 10.5. The van der Waals surface area contributed by atoms with Crippen LogP contribution in [0.1, 0.15) is 11.3 Å². The largest absolute Gasteiger partial charge is 0.467 e. The molecule has 0 amide bonds. The zero-order valence-corrected chi connectivity index (χ0v) is 10.3. The van der Waals surface area contributed by atoms with Crippen molar-refractivity contribution in [3.8, 4) is 0 Å². The number of pyridine rings is 1. The van der Waals surface area contributed by atoms with Gasteiger partial charge in [-0.3, -0.25) is 0 Å². The third kappa shape index (κ3) is 2.78. The smallest absolute Gasteiger partial charge is 0.129 e. The Morgan fingerprint density at radius 1 is 1.53 bits per heavy atom. The number of nitrogens with two attached hydrogens (primary N) is 1. The summed E-state index contributed by atoms with van der Waals surface area (Å²) >= 11 is 5.96. The van der Waals surface area contributed by atoms with E-state index in [-0.39, 0.29) is 0 Å². The minimum absolute atomic E-state index is 0.406. The van der Waals surface area contributed by atoms with Crippen molar-refractivity contribution in [2.24, 2.45) is 5.73 Å². The van der Waals surface area contributed by atoms with Crippen molar-refractivity contribution in [1.29, 1.82) is 0 Å². The number of furan rings is 1. The van der Waals surface area contributed by atoms with Gasteiger partial charge >= 0.3 is 0 Å². The van der Waals surface area contributed by atoms with Crippen LogP contribution in [-0.4, -0.2) is 12.0 Å². The van der Waals surface area contributed by atoms with Crippen molar-refractivity contribution in [3.63, 3.8) is 0 Å². The number of hydrogen-bond acceptors (Lipinski definition) is 4. The van der Waals surface area contributed by atoms with Gasteiger partial charge in [0.15, 0.2) is 0 Å². The average molecular weight is 252 g/mol. The highest BCUT2D eigenvalue weighted by Crippen LogP contribution is 2.20. The van der Waals surface area contributed by atoms with Gasteiger partial charge in [0, 0.05) is 19.8 Å². The van der Waals surface area contributed by atoms with Crippen LogP contribution in [0.5, 0.6) is 0 Å². The van der Waals surface area contributed by atoms with Gasteiger partial charge in [0.2, 0.25) is 0 Å². The van der Waals surface area contributed by atoms with Gasteiger partial charge in [-0.15, -0.1) is 0 Å². The van der Waals surface area contributed by atoms with E-state index in [2.05, 4.69) is 4.98 Å². The molecule has 0 atom stereocenters. The first-order valence-electron chi connectivity index (χ1n) is 5.28. The molecule has 2 rings (SSSR count). The molecule has 4 nitrogen and oxygen atoms in total. The molecule has 90 valence electrons. The molecule has 5 heteroatoms. The lowest BCUT2D eigenvalue weighted by molar-refractivity contribution is 0.507. The fourth-order valence-corrected chi connectivity index (χ4v) is 1.73. The lowest BCUT2D eigenvalue weighted by Gasteiger charge is -2.17. The van der Waals surface area contributed by atoms with Crippen LogP contribution in [-0.2, 0) is 13.1 Å². The summed E-state index contributed by atoms with van der Waals surface area (Å²) in [6.45, 7) is 1.06. The van der Waals surface area contributed by atoms with Crippen LogP contribution < -0.4 is 10.6 Å². The van der Waals surface area contributed by atoms with Crippen molar-refractivity contribution in [1.82, 2.24) is 4.98 Å². The lowest BCUT2D eigenvalue weighted by Crippen LogP contribution is -2.17. The Balaban J connectivity index is 2.16. The van der Waals surface area contributed by atoms with Crippen molar-refractivity contribution >= 4 is 17.4 Å². The highest BCUT2D eigenvalue weighted by atomic mass is 35.5. The van der Waals surface area contributed by atoms with Crippen molar-refractivity contribution < 1.29 is 4.42 Å². The fourth-order valence-electron chi connectivity index (χ4n) is 1.55. The van der Waals surface area contributed by atoms with E-state index in [0.717, 1.165) is 17.1 Å². The van der Waals surface area contributed by atoms with Gasteiger partial charge in [-0.2, -0.15) is 0 Å². The van der Waals surface area contributed by atoms with Gasteiger partial charge in [-0.05, 0) is 23.8 Å². The molecule has 2 aromatic heterocycles. The zero-order valence-electron chi connectivity index (χ0n) is 9.56. The highest BCUT2D eigenvalue weighted by Gasteiger charge is 2.08. The van der Waals surface area contributed by atoms with Gasteiger partial charge < -0.3 is 15.1 Å². The lowest BCUT2D eigenvalue weighted by atomic mass is 10.2. The van der Waals surface area contributed by atoms with Crippen LogP contribution in [0.25, 0.3) is 0 Å². The Hall–Kier alpha value is -1.52. The summed E-state index contributed by atoms with van der Waals surface area (Å²) < 4.78 is 5.29. The third-order valence-corrected chi connectivity index (χ3v) is 2.84. The maximum atomic E-state index is 5.96. The van der Waals surface area contributed by atoms with E-state index >= 15 is 0 Å². The molecule has 0 unspecified atom stereocenters. The van der Waals surface area contributed by atoms with Gasteiger partial charge in [0.25, 0.3) is 0 Å². The minimum Gasteiger partial charge on any atom is -0.467 e. The molecule has 0 aromatic carbocycles. The van der Waals surface area contributed by atoms with Crippen LogP contribution in [0.4, 0.5) is 5.82 Å². The molecule has 17 heavy (non-hydrogen) atoms. The summed E-state index contributed by atoms with van der Waals surface area (Å²) in [5, 5.41) is 0.600. The predicted molar refractivity (Wildman–Crippen MR) is 68.0 cm³/mol. The van der Waals surface area contributed by atoms with Gasteiger partial charge in [-0.25, -0.2) is 4.98 Å². The number of hydrogen-bond donors (Lipinski definition) is 1. The third-order valence-electron chi connectivity index (χ3n) is 2.50. The Labute approximate surface area is 105 Å². The summed E-state index contributed by atoms with van der Waals surface area (Å²) in [6, 6.07) is 5.69. The first kappa shape index (κ1) is 12.0. The van der Waals surface area contributed by atoms with Crippen LogP contribution in [0.3, 0.4) is 0 Å². The Kier molecular flexibility index (Phi) is 3.66. The monoisotopic (exact) mass is 251 g/mol. The molecule has 0 aliphatic carbocycles. The van der Waals surface area contributed by atoms with Crippen LogP contribution in [0, 0.1) is 0 Å². The number of nitrogens with zero attached hydrogens (tertiary/aromatic N) is 2. The molecule has 0 aliphatic heterocycles. The Bertz CT molecular complexity index is 485. The molecule has 0 bridgehead atoms. The van der Waals surface area contributed by atoms with E-state index in [1.54, 1.807) is 12.5 Å². The standard InChI is InChI=1S/C12H14ClN3O/c1-16(8-10-3-2-4-17-10)12-5-9(6-14)11(13)7-15-12/h2-5,7H,6,8,14H2,1H3. The quantitative estimate of drug-likeness (QED) is 0.907. The molecule has 0 radical (unpaired) electrons. The topological polar surface area (TPSA) is 55.3 Å². The first-order chi connectivity index (χ1) is 8.20. The van der Waals surface area contributed by atoms with Crippen LogP contribution >= 0.6 is 11.6 Å². The van der Waals surface area contributed by atoms with E-state index in [0.29, 0.717) is 18.1 Å². The number of anilines is 1. The molecule has 0 fully saturated rings. The SMILES string of the molecule is CN(Cc1ccco1)c1cc(CN)c(Cl)cn1. The molecule has 0 spiro atoms. The minimum atomic E-state index is 0.406. The molecule has 0 saturated carbocycles. The molecule has 0 saturated heterocycles. The summed E-state index contributed by atoms with van der Waals surface area (Å²) in [4.78, 5) is 6.24. The summed E-state index contributed by atoms with van der Waals surface area (Å²) in [5.74, 6) is 1.71. The average Bonchev–Trinajstić information content (AvgIpc) is 2.82. The van der Waals surface area contributed by atoms with E-state index in [4.69, 9.17) is 21.8 Å². The van der Waals surface area contributed by atoms with E-state index in [1.165, 1.54) is 0 Å². The van der Waals surface area contributed by atoms with Crippen molar-refractivity contribution in [3.05, 3.63) is 47.0 Å². The first-order valence-corrected chi connectivity index (χ1v) is 5.66. The van der Waals surface area contributed by atoms with Crippen LogP contribution in [0.2, 0.25) is 5.02 Å². The van der Waals surface area contributed by atoms with E-state index in [1.807, 2.05) is 30.1 Å². The fraction of sp³-hybridized carbons (Fsp3) is 0.250. The van der Waals surface area contributed by atoms with E-state index < -0.39 is 0 Å². The molecule has 0 aliphatic rings. The second-order valence-electron chi connectivity index (χ2n) is 3.77. The molecular weight excluding hydrogens is 238 g/mol. The number of rotatable bonds is 4. The van der Waals surface area contributed by atoms with Crippen molar-refractivity contribution in [2.75, 3.05) is 11.9 Å². The molecule has 2 aromatic rings.